The first kappa shape index (κ1) is 16.3. The summed E-state index contributed by atoms with van der Waals surface area (Å²) in [7, 11) is 3.46. The van der Waals surface area contributed by atoms with Crippen molar-refractivity contribution in [1.82, 2.24) is 10.6 Å². The van der Waals surface area contributed by atoms with Gasteiger partial charge in [-0.15, -0.1) is 0 Å². The largest absolute Gasteiger partial charge is 0.497 e. The average molecular weight is 280 g/mol. The van der Waals surface area contributed by atoms with Crippen molar-refractivity contribution in [3.63, 3.8) is 0 Å². The van der Waals surface area contributed by atoms with Crippen LogP contribution < -0.4 is 20.1 Å². The van der Waals surface area contributed by atoms with E-state index in [0.29, 0.717) is 13.1 Å². The number of hydrogen-bond donors (Lipinski definition) is 2. The fourth-order valence-corrected chi connectivity index (χ4v) is 1.75. The molecule has 0 aliphatic rings. The molecule has 1 rings (SSSR count). The van der Waals surface area contributed by atoms with E-state index >= 15 is 0 Å². The van der Waals surface area contributed by atoms with Crippen LogP contribution in [-0.2, 0) is 4.79 Å². The summed E-state index contributed by atoms with van der Waals surface area (Å²) in [5.74, 6) is 1.53. The van der Waals surface area contributed by atoms with Gasteiger partial charge >= 0.3 is 0 Å². The molecular formula is C15H24N2O3. The third-order valence-corrected chi connectivity index (χ3v) is 2.92. The zero-order chi connectivity index (χ0) is 15.0. The SMILES string of the molecule is CNCC(C)C(=O)NCC(C)Oc1ccc(OC)cc1. The Balaban J connectivity index is 2.35. The fourth-order valence-electron chi connectivity index (χ4n) is 1.75. The lowest BCUT2D eigenvalue weighted by Crippen LogP contribution is -2.39. The van der Waals surface area contributed by atoms with Crippen LogP contribution in [0, 0.1) is 5.92 Å². The van der Waals surface area contributed by atoms with Gasteiger partial charge < -0.3 is 20.1 Å². The average Bonchev–Trinajstić information content (AvgIpc) is 2.45. The minimum atomic E-state index is -0.0888. The van der Waals surface area contributed by atoms with E-state index in [2.05, 4.69) is 10.6 Å². The van der Waals surface area contributed by atoms with Crippen LogP contribution in [0.15, 0.2) is 24.3 Å². The topological polar surface area (TPSA) is 59.6 Å². The van der Waals surface area contributed by atoms with E-state index in [1.807, 2.05) is 45.2 Å². The second kappa shape index (κ2) is 8.43. The molecule has 0 heterocycles. The molecule has 0 saturated carbocycles. The molecular weight excluding hydrogens is 256 g/mol. The van der Waals surface area contributed by atoms with Crippen LogP contribution >= 0.6 is 0 Å². The lowest BCUT2D eigenvalue weighted by molar-refractivity contribution is -0.124. The molecule has 0 fully saturated rings. The third-order valence-electron chi connectivity index (χ3n) is 2.92. The number of ether oxygens (including phenoxy) is 2. The zero-order valence-electron chi connectivity index (χ0n) is 12.6. The van der Waals surface area contributed by atoms with E-state index in [1.54, 1.807) is 7.11 Å². The molecule has 0 aromatic heterocycles. The predicted octanol–water partition coefficient (Wildman–Crippen LogP) is 1.43. The van der Waals surface area contributed by atoms with Crippen LogP contribution in [0.4, 0.5) is 0 Å². The summed E-state index contributed by atoms with van der Waals surface area (Å²) in [6.07, 6.45) is -0.0888. The van der Waals surface area contributed by atoms with Crippen molar-refractivity contribution in [3.05, 3.63) is 24.3 Å². The van der Waals surface area contributed by atoms with Crippen LogP contribution in [-0.4, -0.2) is 39.3 Å². The number of benzene rings is 1. The van der Waals surface area contributed by atoms with Gasteiger partial charge in [0.1, 0.15) is 17.6 Å². The Morgan fingerprint density at radius 1 is 1.15 bits per heavy atom. The van der Waals surface area contributed by atoms with E-state index in [9.17, 15) is 4.79 Å². The fraction of sp³-hybridized carbons (Fsp3) is 0.533. The van der Waals surface area contributed by atoms with Gasteiger partial charge in [-0.3, -0.25) is 4.79 Å². The Morgan fingerprint density at radius 3 is 2.30 bits per heavy atom. The molecule has 2 unspecified atom stereocenters. The van der Waals surface area contributed by atoms with E-state index in [-0.39, 0.29) is 17.9 Å². The number of amides is 1. The highest BCUT2D eigenvalue weighted by molar-refractivity contribution is 5.78. The molecule has 0 aliphatic heterocycles. The first-order valence-corrected chi connectivity index (χ1v) is 6.79. The first-order valence-electron chi connectivity index (χ1n) is 6.79. The predicted molar refractivity (Wildman–Crippen MR) is 79.2 cm³/mol. The van der Waals surface area contributed by atoms with Gasteiger partial charge in [-0.05, 0) is 38.2 Å². The van der Waals surface area contributed by atoms with E-state index in [1.165, 1.54) is 0 Å². The number of nitrogens with one attached hydrogen (secondary N) is 2. The van der Waals surface area contributed by atoms with Gasteiger partial charge in [-0.2, -0.15) is 0 Å². The van der Waals surface area contributed by atoms with E-state index < -0.39 is 0 Å². The number of carbonyl (C=O) groups excluding carboxylic acids is 1. The molecule has 0 aliphatic carbocycles. The normalized spacial score (nSPS) is 13.4. The molecule has 1 aromatic carbocycles. The second-order valence-corrected chi connectivity index (χ2v) is 4.81. The Morgan fingerprint density at radius 2 is 1.75 bits per heavy atom. The maximum Gasteiger partial charge on any atom is 0.224 e. The first-order chi connectivity index (χ1) is 9.56. The highest BCUT2D eigenvalue weighted by atomic mass is 16.5. The van der Waals surface area contributed by atoms with Gasteiger partial charge in [0.2, 0.25) is 5.91 Å². The number of methoxy groups -OCH3 is 1. The molecule has 20 heavy (non-hydrogen) atoms. The monoisotopic (exact) mass is 280 g/mol. The minimum Gasteiger partial charge on any atom is -0.497 e. The molecule has 0 spiro atoms. The van der Waals surface area contributed by atoms with Crippen molar-refractivity contribution in [1.29, 1.82) is 0 Å². The lowest BCUT2D eigenvalue weighted by atomic mass is 10.1. The van der Waals surface area contributed by atoms with Gasteiger partial charge in [0.25, 0.3) is 0 Å². The molecule has 2 atom stereocenters. The molecule has 0 saturated heterocycles. The highest BCUT2D eigenvalue weighted by Crippen LogP contribution is 2.17. The Hall–Kier alpha value is -1.75. The van der Waals surface area contributed by atoms with Gasteiger partial charge in [0.15, 0.2) is 0 Å². The summed E-state index contributed by atoms with van der Waals surface area (Å²) in [4.78, 5) is 11.8. The van der Waals surface area contributed by atoms with Crippen molar-refractivity contribution in [3.8, 4) is 11.5 Å². The summed E-state index contributed by atoms with van der Waals surface area (Å²) in [5.41, 5.74) is 0. The maximum absolute atomic E-state index is 11.8. The van der Waals surface area contributed by atoms with E-state index in [4.69, 9.17) is 9.47 Å². The molecule has 5 nitrogen and oxygen atoms in total. The van der Waals surface area contributed by atoms with Crippen molar-refractivity contribution in [2.24, 2.45) is 5.92 Å². The molecule has 0 radical (unpaired) electrons. The summed E-state index contributed by atoms with van der Waals surface area (Å²) in [6, 6.07) is 7.38. The van der Waals surface area contributed by atoms with Crippen molar-refractivity contribution in [2.45, 2.75) is 20.0 Å². The van der Waals surface area contributed by atoms with Crippen LogP contribution in [0.2, 0.25) is 0 Å². The molecule has 1 aromatic rings. The minimum absolute atomic E-state index is 0.0320. The molecule has 1 amide bonds. The summed E-state index contributed by atoms with van der Waals surface area (Å²) in [5, 5.41) is 5.86. The summed E-state index contributed by atoms with van der Waals surface area (Å²) >= 11 is 0. The lowest BCUT2D eigenvalue weighted by Gasteiger charge is -2.17. The van der Waals surface area contributed by atoms with Crippen molar-refractivity contribution < 1.29 is 14.3 Å². The van der Waals surface area contributed by atoms with Crippen LogP contribution in [0.1, 0.15) is 13.8 Å². The van der Waals surface area contributed by atoms with Crippen molar-refractivity contribution >= 4 is 5.91 Å². The molecule has 112 valence electrons. The molecule has 5 heteroatoms. The van der Waals surface area contributed by atoms with Crippen LogP contribution in [0.3, 0.4) is 0 Å². The summed E-state index contributed by atoms with van der Waals surface area (Å²) < 4.78 is 10.8. The number of carbonyl (C=O) groups is 1. The van der Waals surface area contributed by atoms with Crippen LogP contribution in [0.5, 0.6) is 11.5 Å². The highest BCUT2D eigenvalue weighted by Gasteiger charge is 2.13. The van der Waals surface area contributed by atoms with Crippen molar-refractivity contribution in [2.75, 3.05) is 27.2 Å². The van der Waals surface area contributed by atoms with Gasteiger partial charge in [0.05, 0.1) is 13.7 Å². The van der Waals surface area contributed by atoms with Crippen LogP contribution in [0.25, 0.3) is 0 Å². The number of rotatable bonds is 8. The molecule has 2 N–H and O–H groups in total. The maximum atomic E-state index is 11.8. The quantitative estimate of drug-likeness (QED) is 0.756. The Labute approximate surface area is 120 Å². The second-order valence-electron chi connectivity index (χ2n) is 4.81. The zero-order valence-corrected chi connectivity index (χ0v) is 12.6. The smallest absolute Gasteiger partial charge is 0.224 e. The summed E-state index contributed by atoms with van der Waals surface area (Å²) in [6.45, 7) is 4.96. The van der Waals surface area contributed by atoms with Gasteiger partial charge in [-0.1, -0.05) is 6.92 Å². The van der Waals surface area contributed by atoms with E-state index in [0.717, 1.165) is 11.5 Å². The molecule has 0 bridgehead atoms. The Bertz CT molecular complexity index is 406. The Kier molecular flexibility index (Phi) is 6.87. The third kappa shape index (κ3) is 5.48. The van der Waals surface area contributed by atoms with Gasteiger partial charge in [0, 0.05) is 12.5 Å². The van der Waals surface area contributed by atoms with Gasteiger partial charge in [-0.25, -0.2) is 0 Å². The number of hydrogen-bond acceptors (Lipinski definition) is 4. The standard InChI is InChI=1S/C15H24N2O3/c1-11(9-16-3)15(18)17-10-12(2)20-14-7-5-13(19-4)6-8-14/h5-8,11-12,16H,9-10H2,1-4H3,(H,17,18).